The van der Waals surface area contributed by atoms with Gasteiger partial charge >= 0.3 is 0 Å². The van der Waals surface area contributed by atoms with Gasteiger partial charge in [0, 0.05) is 10.7 Å². The van der Waals surface area contributed by atoms with E-state index in [0.717, 1.165) is 0 Å². The summed E-state index contributed by atoms with van der Waals surface area (Å²) in [5, 5.41) is 3.55. The van der Waals surface area contributed by atoms with E-state index in [0.29, 0.717) is 39.3 Å². The van der Waals surface area contributed by atoms with Crippen molar-refractivity contribution in [2.75, 3.05) is 17.7 Å². The molecular weight excluding hydrogens is 311 g/mol. The SMILES string of the molecule is CCOc1ccc(Cl)cc1NC(=O)c1cc(N)ccc1Cl. The van der Waals surface area contributed by atoms with Gasteiger partial charge in [0.2, 0.25) is 0 Å². The molecule has 110 valence electrons. The molecule has 2 aromatic carbocycles. The Morgan fingerprint density at radius 1 is 1.24 bits per heavy atom. The van der Waals surface area contributed by atoms with Gasteiger partial charge in [0.1, 0.15) is 5.75 Å². The van der Waals surface area contributed by atoms with Crippen molar-refractivity contribution in [2.24, 2.45) is 0 Å². The minimum atomic E-state index is -0.379. The van der Waals surface area contributed by atoms with Crippen LogP contribution < -0.4 is 15.8 Å². The third-order valence-corrected chi connectivity index (χ3v) is 3.29. The van der Waals surface area contributed by atoms with Crippen LogP contribution in [0.5, 0.6) is 5.75 Å². The number of ether oxygens (including phenoxy) is 1. The summed E-state index contributed by atoms with van der Waals surface area (Å²) < 4.78 is 5.45. The van der Waals surface area contributed by atoms with Crippen LogP contribution in [0.3, 0.4) is 0 Å². The molecule has 0 saturated carbocycles. The van der Waals surface area contributed by atoms with Crippen LogP contribution in [0.25, 0.3) is 0 Å². The molecule has 3 N–H and O–H groups in total. The van der Waals surface area contributed by atoms with Crippen LogP contribution in [0.4, 0.5) is 11.4 Å². The Labute approximate surface area is 132 Å². The lowest BCUT2D eigenvalue weighted by Crippen LogP contribution is -2.14. The van der Waals surface area contributed by atoms with E-state index in [9.17, 15) is 4.79 Å². The molecule has 0 unspecified atom stereocenters. The quantitative estimate of drug-likeness (QED) is 0.827. The molecule has 2 aromatic rings. The van der Waals surface area contributed by atoms with Crippen LogP contribution in [0.15, 0.2) is 36.4 Å². The molecule has 0 aliphatic rings. The number of carbonyl (C=O) groups excluding carboxylic acids is 1. The highest BCUT2D eigenvalue weighted by atomic mass is 35.5. The van der Waals surface area contributed by atoms with Crippen LogP contribution in [0, 0.1) is 0 Å². The average molecular weight is 325 g/mol. The third-order valence-electron chi connectivity index (χ3n) is 2.72. The first kappa shape index (κ1) is 15.5. The molecule has 0 spiro atoms. The van der Waals surface area contributed by atoms with Crippen molar-refractivity contribution in [1.29, 1.82) is 0 Å². The average Bonchev–Trinajstić information content (AvgIpc) is 2.44. The molecule has 0 aliphatic heterocycles. The van der Waals surface area contributed by atoms with Crippen LogP contribution >= 0.6 is 23.2 Å². The van der Waals surface area contributed by atoms with Gasteiger partial charge < -0.3 is 15.8 Å². The zero-order valence-electron chi connectivity index (χ0n) is 11.3. The topological polar surface area (TPSA) is 64.3 Å². The van der Waals surface area contributed by atoms with E-state index in [4.69, 9.17) is 33.7 Å². The molecule has 0 heterocycles. The van der Waals surface area contributed by atoms with E-state index in [1.54, 1.807) is 30.3 Å². The molecule has 6 heteroatoms. The van der Waals surface area contributed by atoms with E-state index in [2.05, 4.69) is 5.32 Å². The number of hydrogen-bond acceptors (Lipinski definition) is 3. The monoisotopic (exact) mass is 324 g/mol. The molecule has 0 radical (unpaired) electrons. The smallest absolute Gasteiger partial charge is 0.257 e. The van der Waals surface area contributed by atoms with Gasteiger partial charge in [0.25, 0.3) is 5.91 Å². The zero-order valence-corrected chi connectivity index (χ0v) is 12.8. The van der Waals surface area contributed by atoms with E-state index >= 15 is 0 Å². The first-order valence-electron chi connectivity index (χ1n) is 6.30. The third kappa shape index (κ3) is 3.80. The Morgan fingerprint density at radius 2 is 2.00 bits per heavy atom. The van der Waals surface area contributed by atoms with E-state index < -0.39 is 0 Å². The van der Waals surface area contributed by atoms with Gasteiger partial charge in [-0.05, 0) is 43.3 Å². The maximum Gasteiger partial charge on any atom is 0.257 e. The minimum absolute atomic E-state index is 0.291. The van der Waals surface area contributed by atoms with Crippen LogP contribution in [0.2, 0.25) is 10.0 Å². The molecule has 2 rings (SSSR count). The van der Waals surface area contributed by atoms with E-state index in [-0.39, 0.29) is 5.91 Å². The van der Waals surface area contributed by atoms with Crippen molar-refractivity contribution in [2.45, 2.75) is 6.92 Å². The number of rotatable bonds is 4. The second kappa shape index (κ2) is 6.70. The lowest BCUT2D eigenvalue weighted by atomic mass is 10.2. The first-order chi connectivity index (χ1) is 10.0. The van der Waals surface area contributed by atoms with E-state index in [1.165, 1.54) is 6.07 Å². The van der Waals surface area contributed by atoms with Crippen molar-refractivity contribution in [1.82, 2.24) is 0 Å². The zero-order chi connectivity index (χ0) is 15.4. The normalized spacial score (nSPS) is 10.2. The summed E-state index contributed by atoms with van der Waals surface area (Å²) in [6, 6.07) is 9.72. The molecule has 0 atom stereocenters. The predicted octanol–water partition coefficient (Wildman–Crippen LogP) is 4.23. The Balaban J connectivity index is 2.31. The lowest BCUT2D eigenvalue weighted by Gasteiger charge is -2.12. The van der Waals surface area contributed by atoms with Gasteiger partial charge in [-0.1, -0.05) is 23.2 Å². The molecule has 0 saturated heterocycles. The fourth-order valence-corrected chi connectivity index (χ4v) is 2.16. The largest absolute Gasteiger partial charge is 0.492 e. The number of benzene rings is 2. The second-order valence-corrected chi connectivity index (χ2v) is 5.11. The molecule has 21 heavy (non-hydrogen) atoms. The molecular formula is C15H14Cl2N2O2. The highest BCUT2D eigenvalue weighted by Crippen LogP contribution is 2.29. The van der Waals surface area contributed by atoms with Gasteiger partial charge in [-0.2, -0.15) is 0 Å². The standard InChI is InChI=1S/C15H14Cl2N2O2/c1-2-21-14-6-3-9(16)7-13(14)19-15(20)11-8-10(18)4-5-12(11)17/h3-8H,2,18H2,1H3,(H,19,20). The number of hydrogen-bond donors (Lipinski definition) is 2. The maximum atomic E-state index is 12.3. The Kier molecular flexibility index (Phi) is 4.94. The maximum absolute atomic E-state index is 12.3. The summed E-state index contributed by atoms with van der Waals surface area (Å²) >= 11 is 12.0. The van der Waals surface area contributed by atoms with Gasteiger partial charge in [-0.25, -0.2) is 0 Å². The second-order valence-electron chi connectivity index (χ2n) is 4.27. The Bertz CT molecular complexity index is 675. The predicted molar refractivity (Wildman–Crippen MR) is 86.4 cm³/mol. The van der Waals surface area contributed by atoms with E-state index in [1.807, 2.05) is 6.92 Å². The van der Waals surface area contributed by atoms with Gasteiger partial charge in [-0.15, -0.1) is 0 Å². The molecule has 1 amide bonds. The van der Waals surface area contributed by atoms with Crippen molar-refractivity contribution in [3.63, 3.8) is 0 Å². The van der Waals surface area contributed by atoms with Crippen LogP contribution in [-0.4, -0.2) is 12.5 Å². The number of nitrogens with one attached hydrogen (secondary N) is 1. The number of nitrogen functional groups attached to an aromatic ring is 1. The fraction of sp³-hybridized carbons (Fsp3) is 0.133. The summed E-state index contributed by atoms with van der Waals surface area (Å²) in [5.74, 6) is 0.158. The number of amides is 1. The molecule has 0 fully saturated rings. The summed E-state index contributed by atoms with van der Waals surface area (Å²) in [4.78, 5) is 12.3. The summed E-state index contributed by atoms with van der Waals surface area (Å²) in [5.41, 5.74) is 6.91. The van der Waals surface area contributed by atoms with Crippen molar-refractivity contribution >= 4 is 40.5 Å². The highest BCUT2D eigenvalue weighted by molar-refractivity contribution is 6.34. The van der Waals surface area contributed by atoms with Crippen LogP contribution in [0.1, 0.15) is 17.3 Å². The number of halogens is 2. The highest BCUT2D eigenvalue weighted by Gasteiger charge is 2.14. The van der Waals surface area contributed by atoms with Gasteiger partial charge in [0.05, 0.1) is 22.9 Å². The molecule has 0 aliphatic carbocycles. The summed E-state index contributed by atoms with van der Waals surface area (Å²) in [6.07, 6.45) is 0. The first-order valence-corrected chi connectivity index (χ1v) is 7.05. The van der Waals surface area contributed by atoms with Gasteiger partial charge in [0.15, 0.2) is 0 Å². The summed E-state index contributed by atoms with van der Waals surface area (Å²) in [7, 11) is 0. The molecule has 0 bridgehead atoms. The number of anilines is 2. The molecule has 4 nitrogen and oxygen atoms in total. The van der Waals surface area contributed by atoms with Crippen molar-refractivity contribution in [3.05, 3.63) is 52.0 Å². The Hall–Kier alpha value is -1.91. The van der Waals surface area contributed by atoms with Crippen molar-refractivity contribution < 1.29 is 9.53 Å². The Morgan fingerprint density at radius 3 is 2.71 bits per heavy atom. The summed E-state index contributed by atoms with van der Waals surface area (Å²) in [6.45, 7) is 2.33. The number of nitrogens with two attached hydrogens (primary N) is 1. The molecule has 0 aromatic heterocycles. The number of carbonyl (C=O) groups is 1. The minimum Gasteiger partial charge on any atom is -0.492 e. The lowest BCUT2D eigenvalue weighted by molar-refractivity contribution is 0.102. The van der Waals surface area contributed by atoms with Crippen LogP contribution in [-0.2, 0) is 0 Å². The van der Waals surface area contributed by atoms with Gasteiger partial charge in [-0.3, -0.25) is 4.79 Å². The fourth-order valence-electron chi connectivity index (χ4n) is 1.79. The van der Waals surface area contributed by atoms with Crippen molar-refractivity contribution in [3.8, 4) is 5.75 Å².